The van der Waals surface area contributed by atoms with Crippen molar-refractivity contribution in [3.05, 3.63) is 59.7 Å². The minimum atomic E-state index is -4.80. The van der Waals surface area contributed by atoms with Gasteiger partial charge in [-0.25, -0.2) is 0 Å². The number of carbonyl (C=O) groups excluding carboxylic acids is 2. The van der Waals surface area contributed by atoms with Crippen LogP contribution in [0.1, 0.15) is 43.2 Å². The molecule has 1 saturated carbocycles. The summed E-state index contributed by atoms with van der Waals surface area (Å²) in [5.41, 5.74) is 0.308. The number of ether oxygens (including phenoxy) is 2. The Kier molecular flexibility index (Phi) is 7.02. The van der Waals surface area contributed by atoms with Crippen LogP contribution >= 0.6 is 0 Å². The highest BCUT2D eigenvalue weighted by molar-refractivity contribution is 5.91. The maximum Gasteiger partial charge on any atom is 0.573 e. The van der Waals surface area contributed by atoms with Gasteiger partial charge in [0.1, 0.15) is 11.5 Å². The summed E-state index contributed by atoms with van der Waals surface area (Å²) in [6, 6.07) is 12.2. The number of amides is 2. The number of fused-ring (bicyclic) bond motifs is 1. The van der Waals surface area contributed by atoms with E-state index in [9.17, 15) is 27.9 Å². The average Bonchev–Trinajstić information content (AvgIpc) is 3.68. The molecule has 3 fully saturated rings. The molecule has 0 unspecified atom stereocenters. The molecule has 2 aromatic carbocycles. The van der Waals surface area contributed by atoms with Crippen LogP contribution in [0.2, 0.25) is 0 Å². The first-order valence-electron chi connectivity index (χ1n) is 12.9. The quantitative estimate of drug-likeness (QED) is 0.561. The van der Waals surface area contributed by atoms with Gasteiger partial charge < -0.3 is 24.8 Å². The lowest BCUT2D eigenvalue weighted by atomic mass is 9.72. The van der Waals surface area contributed by atoms with Gasteiger partial charge in [-0.2, -0.15) is 0 Å². The molecule has 10 heteroatoms. The largest absolute Gasteiger partial charge is 0.573 e. The molecule has 38 heavy (non-hydrogen) atoms. The molecular formula is C28H31F3N2O5. The van der Waals surface area contributed by atoms with Gasteiger partial charge >= 0.3 is 6.36 Å². The number of carbonyl (C=O) groups is 2. The summed E-state index contributed by atoms with van der Waals surface area (Å²) < 4.78 is 47.7. The summed E-state index contributed by atoms with van der Waals surface area (Å²) in [7, 11) is 0. The van der Waals surface area contributed by atoms with E-state index in [4.69, 9.17) is 4.74 Å². The number of hydrogen-bond acceptors (Lipinski definition) is 5. The molecule has 3 aliphatic rings. The van der Waals surface area contributed by atoms with Gasteiger partial charge in [0.2, 0.25) is 11.8 Å². The van der Waals surface area contributed by atoms with Gasteiger partial charge in [-0.15, -0.1) is 13.2 Å². The van der Waals surface area contributed by atoms with E-state index in [-0.39, 0.29) is 35.8 Å². The number of phenolic OH excluding ortho intramolecular Hbond substituents is 1. The number of aromatic hydroxyl groups is 1. The molecule has 2 heterocycles. The van der Waals surface area contributed by atoms with Gasteiger partial charge in [-0.05, 0) is 67.5 Å². The van der Waals surface area contributed by atoms with Crippen molar-refractivity contribution < 1.29 is 37.3 Å². The molecule has 5 rings (SSSR count). The lowest BCUT2D eigenvalue weighted by molar-refractivity contribution is -0.274. The van der Waals surface area contributed by atoms with E-state index in [1.807, 2.05) is 4.90 Å². The zero-order valence-corrected chi connectivity index (χ0v) is 20.9. The zero-order chi connectivity index (χ0) is 27.0. The Bertz CT molecular complexity index is 1180. The standard InChI is InChI=1S/C28H31F3N2O5/c29-28(30,31)38-22-4-1-3-19(15-22)16-24(35)32-17-26-10-2-14-37-23(26)9-13-33(18-26)25(36)27(11-12-27)20-5-7-21(34)8-6-20/h1,3-8,15,23,34H,2,9-14,16-18H2,(H,32,35)/t23-,26-/m1/s1. The fraction of sp³-hybridized carbons (Fsp3) is 0.500. The van der Waals surface area contributed by atoms with Gasteiger partial charge in [0.05, 0.1) is 17.9 Å². The van der Waals surface area contributed by atoms with Crippen molar-refractivity contribution in [1.82, 2.24) is 10.2 Å². The van der Waals surface area contributed by atoms with E-state index in [2.05, 4.69) is 10.1 Å². The van der Waals surface area contributed by atoms with Crippen LogP contribution in [0.15, 0.2) is 48.5 Å². The molecule has 2 aromatic rings. The number of piperidine rings is 1. The number of alkyl halides is 3. The molecule has 0 spiro atoms. The summed E-state index contributed by atoms with van der Waals surface area (Å²) >= 11 is 0. The van der Waals surface area contributed by atoms with Crippen molar-refractivity contribution >= 4 is 11.8 Å². The fourth-order valence-corrected chi connectivity index (χ4v) is 5.93. The van der Waals surface area contributed by atoms with Crippen LogP contribution in [0.25, 0.3) is 0 Å². The van der Waals surface area contributed by atoms with Crippen LogP contribution < -0.4 is 10.1 Å². The van der Waals surface area contributed by atoms with Crippen LogP contribution in [0.5, 0.6) is 11.5 Å². The van der Waals surface area contributed by atoms with Crippen LogP contribution in [0, 0.1) is 5.41 Å². The van der Waals surface area contributed by atoms with E-state index >= 15 is 0 Å². The summed E-state index contributed by atoms with van der Waals surface area (Å²) in [5, 5.41) is 12.6. The Hall–Kier alpha value is -3.27. The van der Waals surface area contributed by atoms with Gasteiger partial charge in [0.15, 0.2) is 0 Å². The number of benzene rings is 2. The first kappa shape index (κ1) is 26.3. The van der Waals surface area contributed by atoms with Crippen molar-refractivity contribution in [3.8, 4) is 11.5 Å². The monoisotopic (exact) mass is 532 g/mol. The second-order valence-corrected chi connectivity index (χ2v) is 10.6. The maximum absolute atomic E-state index is 13.7. The van der Waals surface area contributed by atoms with E-state index in [0.29, 0.717) is 38.2 Å². The normalized spacial score (nSPS) is 24.3. The predicted molar refractivity (Wildman–Crippen MR) is 131 cm³/mol. The molecule has 2 atom stereocenters. The van der Waals surface area contributed by atoms with Crippen molar-refractivity contribution in [2.45, 2.75) is 56.4 Å². The summed E-state index contributed by atoms with van der Waals surface area (Å²) in [6.45, 7) is 1.99. The first-order chi connectivity index (χ1) is 18.1. The van der Waals surface area contributed by atoms with Crippen LogP contribution in [-0.4, -0.2) is 60.5 Å². The molecular weight excluding hydrogens is 501 g/mol. The van der Waals surface area contributed by atoms with Gasteiger partial charge in [0.25, 0.3) is 0 Å². The second kappa shape index (κ2) is 10.1. The minimum Gasteiger partial charge on any atom is -0.508 e. The molecule has 0 radical (unpaired) electrons. The fourth-order valence-electron chi connectivity index (χ4n) is 5.93. The Balaban J connectivity index is 1.25. The van der Waals surface area contributed by atoms with Gasteiger partial charge in [-0.1, -0.05) is 24.3 Å². The lowest BCUT2D eigenvalue weighted by Gasteiger charge is -2.51. The van der Waals surface area contributed by atoms with Crippen molar-refractivity contribution in [1.29, 1.82) is 0 Å². The number of rotatable bonds is 7. The molecule has 2 saturated heterocycles. The third kappa shape index (κ3) is 5.60. The highest BCUT2D eigenvalue weighted by Crippen LogP contribution is 2.51. The third-order valence-electron chi connectivity index (χ3n) is 7.99. The summed E-state index contributed by atoms with van der Waals surface area (Å²) in [5.74, 6) is -0.462. The molecule has 0 aromatic heterocycles. The molecule has 7 nitrogen and oxygen atoms in total. The average molecular weight is 533 g/mol. The zero-order valence-electron chi connectivity index (χ0n) is 20.9. The predicted octanol–water partition coefficient (Wildman–Crippen LogP) is 4.08. The Morgan fingerprint density at radius 1 is 1.13 bits per heavy atom. The van der Waals surface area contributed by atoms with Gasteiger partial charge in [0, 0.05) is 31.7 Å². The lowest BCUT2D eigenvalue weighted by Crippen LogP contribution is -2.61. The molecule has 2 N–H and O–H groups in total. The Labute approximate surface area is 218 Å². The minimum absolute atomic E-state index is 0.0689. The van der Waals surface area contributed by atoms with Gasteiger partial charge in [-0.3, -0.25) is 9.59 Å². The maximum atomic E-state index is 13.7. The SMILES string of the molecule is O=C(Cc1cccc(OC(F)(F)F)c1)NC[C@@]12CCCO[C@@H]1CCN(C(=O)C1(c3ccc(O)cc3)CC1)C2. The van der Waals surface area contributed by atoms with E-state index in [0.717, 1.165) is 31.2 Å². The second-order valence-electron chi connectivity index (χ2n) is 10.6. The van der Waals surface area contributed by atoms with E-state index < -0.39 is 17.2 Å². The van der Waals surface area contributed by atoms with E-state index in [1.165, 1.54) is 18.2 Å². The highest BCUT2D eigenvalue weighted by atomic mass is 19.4. The van der Waals surface area contributed by atoms with Crippen molar-refractivity contribution in [2.24, 2.45) is 5.41 Å². The Morgan fingerprint density at radius 3 is 2.61 bits per heavy atom. The number of likely N-dealkylation sites (tertiary alicyclic amines) is 1. The van der Waals surface area contributed by atoms with Crippen LogP contribution in [0.3, 0.4) is 0 Å². The molecule has 204 valence electrons. The smallest absolute Gasteiger partial charge is 0.508 e. The molecule has 0 bridgehead atoms. The number of phenols is 1. The number of halogens is 3. The highest BCUT2D eigenvalue weighted by Gasteiger charge is 2.56. The van der Waals surface area contributed by atoms with Crippen molar-refractivity contribution in [2.75, 3.05) is 26.2 Å². The summed E-state index contributed by atoms with van der Waals surface area (Å²) in [4.78, 5) is 28.4. The number of nitrogens with zero attached hydrogens (tertiary/aromatic N) is 1. The molecule has 2 aliphatic heterocycles. The van der Waals surface area contributed by atoms with E-state index in [1.54, 1.807) is 30.3 Å². The van der Waals surface area contributed by atoms with Crippen LogP contribution in [0.4, 0.5) is 13.2 Å². The van der Waals surface area contributed by atoms with Crippen LogP contribution in [-0.2, 0) is 26.2 Å². The molecule has 1 aliphatic carbocycles. The summed E-state index contributed by atoms with van der Waals surface area (Å²) in [6.07, 6.45) is -1.19. The number of nitrogens with one attached hydrogen (secondary N) is 1. The first-order valence-corrected chi connectivity index (χ1v) is 12.9. The Morgan fingerprint density at radius 2 is 1.89 bits per heavy atom. The number of hydrogen-bond donors (Lipinski definition) is 2. The molecule has 2 amide bonds. The van der Waals surface area contributed by atoms with Crippen molar-refractivity contribution in [3.63, 3.8) is 0 Å². The topological polar surface area (TPSA) is 88.1 Å². The third-order valence-corrected chi connectivity index (χ3v) is 7.99.